The van der Waals surface area contributed by atoms with E-state index in [0.717, 1.165) is 28.8 Å². The Morgan fingerprint density at radius 2 is 1.97 bits per heavy atom. The molecule has 36 heavy (non-hydrogen) atoms. The van der Waals surface area contributed by atoms with Crippen LogP contribution in [0, 0.1) is 11.6 Å². The number of aliphatic carboxylic acids is 1. The lowest BCUT2D eigenvalue weighted by Gasteiger charge is -2.34. The first-order valence-corrected chi connectivity index (χ1v) is 11.8. The van der Waals surface area contributed by atoms with Gasteiger partial charge in [-0.25, -0.2) is 22.9 Å². The third kappa shape index (κ3) is 3.84. The molecule has 0 unspecified atom stereocenters. The molecule has 7 nitrogen and oxygen atoms in total. The van der Waals surface area contributed by atoms with Crippen LogP contribution in [-0.4, -0.2) is 50.2 Å². The molecule has 4 aromatic rings. The second-order valence-electron chi connectivity index (χ2n) is 10.2. The molecular formula is C26H27F3N4O3. The van der Waals surface area contributed by atoms with Crippen molar-refractivity contribution in [2.24, 2.45) is 0 Å². The smallest absolute Gasteiger partial charge is 0.341 e. The SMILES string of the molecule is COCC(C)(C)c1c(C2CCC(F)(C(=O)O)CC2)c2nc3[nH]ncc3cc2n1-c1ccc(F)c(F)c1. The van der Waals surface area contributed by atoms with Crippen LogP contribution in [0.15, 0.2) is 30.5 Å². The van der Waals surface area contributed by atoms with Gasteiger partial charge in [-0.1, -0.05) is 13.8 Å². The molecule has 2 N–H and O–H groups in total. The van der Waals surface area contributed by atoms with Crippen molar-refractivity contribution in [1.29, 1.82) is 0 Å². The topological polar surface area (TPSA) is 93.0 Å². The summed E-state index contributed by atoms with van der Waals surface area (Å²) >= 11 is 0. The average molecular weight is 501 g/mol. The predicted molar refractivity (Wildman–Crippen MR) is 128 cm³/mol. The highest BCUT2D eigenvalue weighted by molar-refractivity contribution is 5.94. The van der Waals surface area contributed by atoms with E-state index in [1.807, 2.05) is 24.5 Å². The maximum atomic E-state index is 14.9. The van der Waals surface area contributed by atoms with Crippen molar-refractivity contribution in [2.75, 3.05) is 13.7 Å². The number of methoxy groups -OCH3 is 1. The van der Waals surface area contributed by atoms with Gasteiger partial charge >= 0.3 is 5.97 Å². The van der Waals surface area contributed by atoms with Gasteiger partial charge in [0.15, 0.2) is 17.3 Å². The van der Waals surface area contributed by atoms with E-state index in [1.165, 1.54) is 6.07 Å². The summed E-state index contributed by atoms with van der Waals surface area (Å²) in [5, 5.41) is 17.1. The molecule has 1 fully saturated rings. The Hall–Kier alpha value is -3.40. The highest BCUT2D eigenvalue weighted by Gasteiger charge is 2.45. The minimum atomic E-state index is -2.26. The number of alkyl halides is 1. The number of hydrogen-bond donors (Lipinski definition) is 2. The number of hydrogen-bond acceptors (Lipinski definition) is 4. The number of aromatic nitrogens is 4. The zero-order valence-electron chi connectivity index (χ0n) is 20.2. The zero-order chi connectivity index (χ0) is 25.8. The van der Waals surface area contributed by atoms with Crippen LogP contribution < -0.4 is 0 Å². The van der Waals surface area contributed by atoms with Gasteiger partial charge < -0.3 is 14.4 Å². The van der Waals surface area contributed by atoms with Crippen LogP contribution in [0.3, 0.4) is 0 Å². The van der Waals surface area contributed by atoms with Gasteiger partial charge in [0.25, 0.3) is 0 Å². The summed E-state index contributed by atoms with van der Waals surface area (Å²) in [6.45, 7) is 4.28. The highest BCUT2D eigenvalue weighted by Crippen LogP contribution is 2.47. The van der Waals surface area contributed by atoms with Gasteiger partial charge in [0.05, 0.1) is 23.8 Å². The quantitative estimate of drug-likeness (QED) is 0.362. The first kappa shape index (κ1) is 24.3. The van der Waals surface area contributed by atoms with Crippen LogP contribution in [0.1, 0.15) is 56.7 Å². The van der Waals surface area contributed by atoms with Gasteiger partial charge in [-0.05, 0) is 49.8 Å². The molecule has 3 heterocycles. The molecule has 10 heteroatoms. The monoisotopic (exact) mass is 500 g/mol. The number of carbonyl (C=O) groups is 1. The van der Waals surface area contributed by atoms with Gasteiger partial charge in [0.1, 0.15) is 0 Å². The Kier molecular flexibility index (Phi) is 5.82. The summed E-state index contributed by atoms with van der Waals surface area (Å²) in [4.78, 5) is 16.4. The molecule has 5 rings (SSSR count). The standard InChI is InChI=1S/C26H27F3N4O3/c1-25(2,13-36-3)22-20(14-6-8-26(29,9-7-14)24(34)35)21-19(10-15-12-30-32-23(15)31-21)33(22)16-4-5-17(27)18(28)11-16/h4-5,10-12,14H,6-9,13H2,1-3H3,(H,34,35)(H,30,31,32). The maximum Gasteiger partial charge on any atom is 0.341 e. The van der Waals surface area contributed by atoms with Crippen LogP contribution >= 0.6 is 0 Å². The van der Waals surface area contributed by atoms with Crippen molar-refractivity contribution in [2.45, 2.75) is 56.5 Å². The van der Waals surface area contributed by atoms with Crippen molar-refractivity contribution in [3.8, 4) is 5.69 Å². The normalized spacial score (nSPS) is 20.9. The number of rotatable bonds is 6. The fourth-order valence-corrected chi connectivity index (χ4v) is 5.54. The van der Waals surface area contributed by atoms with Gasteiger partial charge in [-0.15, -0.1) is 0 Å². The molecule has 1 saturated carbocycles. The maximum absolute atomic E-state index is 14.9. The third-order valence-electron chi connectivity index (χ3n) is 7.26. The van der Waals surface area contributed by atoms with Crippen LogP contribution in [0.5, 0.6) is 0 Å². The van der Waals surface area contributed by atoms with Crippen LogP contribution in [0.2, 0.25) is 0 Å². The lowest BCUT2D eigenvalue weighted by molar-refractivity contribution is -0.153. The lowest BCUT2D eigenvalue weighted by Crippen LogP contribution is -2.38. The number of ether oxygens (including phenoxy) is 1. The first-order chi connectivity index (χ1) is 17.1. The van der Waals surface area contributed by atoms with E-state index in [2.05, 4.69) is 10.2 Å². The molecule has 1 aliphatic rings. The average Bonchev–Trinajstić information content (AvgIpc) is 3.42. The first-order valence-electron chi connectivity index (χ1n) is 11.8. The number of benzene rings is 1. The van der Waals surface area contributed by atoms with Crippen LogP contribution in [0.25, 0.3) is 27.8 Å². The Bertz CT molecular complexity index is 1470. The summed E-state index contributed by atoms with van der Waals surface area (Å²) in [6.07, 6.45) is 1.99. The number of carboxylic acid groups (broad SMARTS) is 1. The van der Waals surface area contributed by atoms with Crippen LogP contribution in [0.4, 0.5) is 13.2 Å². The molecule has 0 atom stereocenters. The number of pyridine rings is 1. The number of fused-ring (bicyclic) bond motifs is 2. The van der Waals surface area contributed by atoms with E-state index in [9.17, 15) is 23.1 Å². The zero-order valence-corrected chi connectivity index (χ0v) is 20.2. The molecule has 1 aliphatic carbocycles. The van der Waals surface area contributed by atoms with Gasteiger partial charge in [0.2, 0.25) is 5.67 Å². The minimum Gasteiger partial charge on any atom is -0.479 e. The molecule has 0 aliphatic heterocycles. The fourth-order valence-electron chi connectivity index (χ4n) is 5.54. The van der Waals surface area contributed by atoms with Gasteiger partial charge in [0, 0.05) is 40.9 Å². The summed E-state index contributed by atoms with van der Waals surface area (Å²) < 4.78 is 50.6. The number of H-pyrrole nitrogens is 1. The van der Waals surface area contributed by atoms with E-state index in [4.69, 9.17) is 9.72 Å². The largest absolute Gasteiger partial charge is 0.479 e. The van der Waals surface area contributed by atoms with Gasteiger partial charge in [-0.2, -0.15) is 5.10 Å². The summed E-state index contributed by atoms with van der Waals surface area (Å²) in [7, 11) is 1.59. The van der Waals surface area contributed by atoms with Crippen molar-refractivity contribution < 1.29 is 27.8 Å². The second kappa shape index (κ2) is 8.62. The summed E-state index contributed by atoms with van der Waals surface area (Å²) in [5.41, 5.74) is 1.01. The van der Waals surface area contributed by atoms with Crippen molar-refractivity contribution in [1.82, 2.24) is 19.7 Å². The lowest BCUT2D eigenvalue weighted by atomic mass is 9.74. The molecule has 0 bridgehead atoms. The Morgan fingerprint density at radius 1 is 1.25 bits per heavy atom. The fraction of sp³-hybridized carbons (Fsp3) is 0.423. The second-order valence-corrected chi connectivity index (χ2v) is 10.2. The van der Waals surface area contributed by atoms with E-state index in [0.29, 0.717) is 41.8 Å². The molecular weight excluding hydrogens is 473 g/mol. The Labute approximate surface area is 205 Å². The molecule has 0 saturated heterocycles. The Morgan fingerprint density at radius 3 is 2.61 bits per heavy atom. The molecule has 3 aromatic heterocycles. The Balaban J connectivity index is 1.82. The number of aromatic amines is 1. The van der Waals surface area contributed by atoms with Crippen LogP contribution in [-0.2, 0) is 14.9 Å². The summed E-state index contributed by atoms with van der Waals surface area (Å²) in [5.74, 6) is -3.57. The van der Waals surface area contributed by atoms with Crippen molar-refractivity contribution in [3.63, 3.8) is 0 Å². The minimum absolute atomic E-state index is 0.124. The van der Waals surface area contributed by atoms with E-state index >= 15 is 0 Å². The third-order valence-corrected chi connectivity index (χ3v) is 7.26. The number of carboxylic acids is 1. The number of nitrogens with zero attached hydrogens (tertiary/aromatic N) is 3. The molecule has 190 valence electrons. The van der Waals surface area contributed by atoms with E-state index < -0.39 is 28.7 Å². The highest BCUT2D eigenvalue weighted by atomic mass is 19.2. The van der Waals surface area contributed by atoms with E-state index in [1.54, 1.807) is 13.3 Å². The molecule has 1 aromatic carbocycles. The van der Waals surface area contributed by atoms with E-state index in [-0.39, 0.29) is 18.8 Å². The molecule has 0 radical (unpaired) electrons. The van der Waals surface area contributed by atoms with Crippen molar-refractivity contribution in [3.05, 3.63) is 53.4 Å². The molecule has 0 spiro atoms. The number of halogens is 3. The summed E-state index contributed by atoms with van der Waals surface area (Å²) in [6, 6.07) is 5.61. The predicted octanol–water partition coefficient (Wildman–Crippen LogP) is 5.55. The van der Waals surface area contributed by atoms with Gasteiger partial charge in [-0.3, -0.25) is 5.10 Å². The van der Waals surface area contributed by atoms with Crippen molar-refractivity contribution >= 4 is 28.0 Å². The number of nitrogens with one attached hydrogen (secondary N) is 1. The molecule has 0 amide bonds.